The molecule has 0 atom stereocenters. The van der Waals surface area contributed by atoms with Crippen LogP contribution < -0.4 is 4.74 Å². The van der Waals surface area contributed by atoms with E-state index >= 15 is 0 Å². The van der Waals surface area contributed by atoms with Crippen LogP contribution in [0.2, 0.25) is 0 Å². The van der Waals surface area contributed by atoms with E-state index in [4.69, 9.17) is 0 Å². The van der Waals surface area contributed by atoms with Crippen LogP contribution >= 0.6 is 0 Å². The number of benzene rings is 1. The zero-order valence-corrected chi connectivity index (χ0v) is 6.81. The van der Waals surface area contributed by atoms with Crippen molar-refractivity contribution >= 4 is 6.98 Å². The first kappa shape index (κ1) is 10.8. The predicted octanol–water partition coefficient (Wildman–Crippen LogP) is 2.73. The maximum atomic E-state index is 12.5. The third-order valence-electron chi connectivity index (χ3n) is 1.28. The van der Waals surface area contributed by atoms with Gasteiger partial charge in [-0.15, -0.1) is 0 Å². The van der Waals surface area contributed by atoms with Crippen molar-refractivity contribution < 1.29 is 26.5 Å². The van der Waals surface area contributed by atoms with Crippen LogP contribution in [0.3, 0.4) is 0 Å². The van der Waals surface area contributed by atoms with Crippen LogP contribution in [0.4, 0.5) is 21.7 Å². The molecule has 0 unspecified atom stereocenters. The lowest BCUT2D eigenvalue weighted by Crippen LogP contribution is -2.26. The van der Waals surface area contributed by atoms with Crippen molar-refractivity contribution in [3.05, 3.63) is 29.8 Å². The molecule has 0 radical (unpaired) electrons. The maximum absolute atomic E-state index is 12.5. The molecule has 14 heavy (non-hydrogen) atoms. The second-order valence-electron chi connectivity index (χ2n) is 2.63. The summed E-state index contributed by atoms with van der Waals surface area (Å²) in [6.45, 7) is -6.63. The minimum atomic E-state index is -5.12. The lowest BCUT2D eigenvalue weighted by Gasteiger charge is -2.14. The summed E-state index contributed by atoms with van der Waals surface area (Å²) >= 11 is 0. The van der Waals surface area contributed by atoms with Gasteiger partial charge < -0.3 is 17.7 Å². The molecule has 0 fully saturated rings. The van der Waals surface area contributed by atoms with Gasteiger partial charge in [-0.1, -0.05) is 0 Å². The van der Waals surface area contributed by atoms with Crippen LogP contribution in [0, 0.1) is 11.6 Å². The normalized spacial score (nSPS) is 11.5. The Balaban J connectivity index is 2.68. The van der Waals surface area contributed by atoms with Gasteiger partial charge in [0.1, 0.15) is 17.4 Å². The summed E-state index contributed by atoms with van der Waals surface area (Å²) in [5.74, 6) is -2.42. The summed E-state index contributed by atoms with van der Waals surface area (Å²) in [4.78, 5) is 0. The standard InChI is InChI=1S/C7H5BF5O/c9-5-1-6(10)3-7(2-5)14-4-8(11,12)13/h1-3H,4H2/q-1. The molecule has 7 heteroatoms. The first-order chi connectivity index (χ1) is 6.37. The van der Waals surface area contributed by atoms with Gasteiger partial charge in [0.2, 0.25) is 0 Å². The van der Waals surface area contributed by atoms with Gasteiger partial charge in [0.15, 0.2) is 0 Å². The Kier molecular flexibility index (Phi) is 2.98. The molecule has 0 aliphatic heterocycles. The van der Waals surface area contributed by atoms with Gasteiger partial charge in [-0.2, -0.15) is 0 Å². The van der Waals surface area contributed by atoms with Crippen molar-refractivity contribution in [1.29, 1.82) is 0 Å². The van der Waals surface area contributed by atoms with Crippen molar-refractivity contribution in [2.75, 3.05) is 6.51 Å². The third kappa shape index (κ3) is 3.63. The molecule has 1 aromatic rings. The van der Waals surface area contributed by atoms with Crippen molar-refractivity contribution in [1.82, 2.24) is 0 Å². The second-order valence-corrected chi connectivity index (χ2v) is 2.63. The number of hydrogen-bond acceptors (Lipinski definition) is 1. The van der Waals surface area contributed by atoms with E-state index < -0.39 is 30.9 Å². The van der Waals surface area contributed by atoms with Gasteiger partial charge >= 0.3 is 6.98 Å². The zero-order chi connectivity index (χ0) is 10.8. The van der Waals surface area contributed by atoms with Gasteiger partial charge in [-0.25, -0.2) is 8.78 Å². The molecule has 0 amide bonds. The van der Waals surface area contributed by atoms with Crippen LogP contribution in [-0.4, -0.2) is 13.5 Å². The number of rotatable bonds is 3. The predicted molar refractivity (Wildman–Crippen MR) is 40.9 cm³/mol. The van der Waals surface area contributed by atoms with Crippen LogP contribution in [0.1, 0.15) is 0 Å². The van der Waals surface area contributed by atoms with Crippen molar-refractivity contribution in [3.63, 3.8) is 0 Å². The van der Waals surface area contributed by atoms with E-state index in [2.05, 4.69) is 4.74 Å². The van der Waals surface area contributed by atoms with Gasteiger partial charge in [-0.3, -0.25) is 0 Å². The molecule has 78 valence electrons. The molecule has 0 heterocycles. The summed E-state index contributed by atoms with van der Waals surface area (Å²) in [6, 6.07) is 1.92. The molecule has 1 rings (SSSR count). The quantitative estimate of drug-likeness (QED) is 0.551. The topological polar surface area (TPSA) is 9.23 Å². The van der Waals surface area contributed by atoms with Crippen molar-refractivity contribution in [3.8, 4) is 5.75 Å². The lowest BCUT2D eigenvalue weighted by atomic mass is 9.95. The average molecular weight is 211 g/mol. The Morgan fingerprint density at radius 3 is 1.93 bits per heavy atom. The Hall–Kier alpha value is -1.27. The molecule has 1 nitrogen and oxygen atoms in total. The summed E-state index contributed by atoms with van der Waals surface area (Å²) in [7, 11) is 0. The fourth-order valence-electron chi connectivity index (χ4n) is 0.803. The van der Waals surface area contributed by atoms with E-state index in [1.165, 1.54) is 0 Å². The average Bonchev–Trinajstić information content (AvgIpc) is 1.97. The van der Waals surface area contributed by atoms with E-state index in [0.717, 1.165) is 0 Å². The molecule has 0 aliphatic rings. The second kappa shape index (κ2) is 3.85. The van der Waals surface area contributed by atoms with Crippen LogP contribution in [0.5, 0.6) is 5.75 Å². The minimum Gasteiger partial charge on any atom is -0.522 e. The van der Waals surface area contributed by atoms with Crippen molar-refractivity contribution in [2.45, 2.75) is 0 Å². The number of hydrogen-bond donors (Lipinski definition) is 0. The van der Waals surface area contributed by atoms with E-state index in [0.29, 0.717) is 18.2 Å². The molecular weight excluding hydrogens is 206 g/mol. The van der Waals surface area contributed by atoms with Crippen molar-refractivity contribution in [2.24, 2.45) is 0 Å². The zero-order valence-electron chi connectivity index (χ0n) is 6.81. The van der Waals surface area contributed by atoms with E-state index in [-0.39, 0.29) is 0 Å². The van der Waals surface area contributed by atoms with E-state index in [9.17, 15) is 21.7 Å². The molecule has 0 saturated carbocycles. The largest absolute Gasteiger partial charge is 0.522 e. The maximum Gasteiger partial charge on any atom is 0.515 e. The Morgan fingerprint density at radius 1 is 1.00 bits per heavy atom. The number of ether oxygens (including phenoxy) is 1. The number of halogens is 5. The molecule has 0 saturated heterocycles. The SMILES string of the molecule is Fc1cc(F)cc(OC[B-](F)(F)F)c1. The minimum absolute atomic E-state index is 0.471. The van der Waals surface area contributed by atoms with Crippen LogP contribution in [0.25, 0.3) is 0 Å². The summed E-state index contributed by atoms with van der Waals surface area (Å²) in [5.41, 5.74) is 0. The molecule has 0 aliphatic carbocycles. The molecule has 0 spiro atoms. The third-order valence-corrected chi connectivity index (χ3v) is 1.28. The summed E-state index contributed by atoms with van der Waals surface area (Å²) in [6.07, 6.45) is 0. The highest BCUT2D eigenvalue weighted by Gasteiger charge is 2.24. The monoisotopic (exact) mass is 211 g/mol. The molecular formula is C7H5BF5O-. The van der Waals surface area contributed by atoms with Gasteiger partial charge in [0.05, 0.1) is 6.51 Å². The molecule has 0 bridgehead atoms. The first-order valence-corrected chi connectivity index (χ1v) is 3.67. The summed E-state index contributed by atoms with van der Waals surface area (Å²) < 4.78 is 64.1. The Labute approximate surface area is 76.5 Å². The van der Waals surface area contributed by atoms with E-state index in [1.807, 2.05) is 0 Å². The molecule has 0 N–H and O–H groups in total. The highest BCUT2D eigenvalue weighted by molar-refractivity contribution is 6.58. The van der Waals surface area contributed by atoms with Gasteiger partial charge in [0, 0.05) is 18.2 Å². The fourth-order valence-corrected chi connectivity index (χ4v) is 0.803. The smallest absolute Gasteiger partial charge is 0.515 e. The Bertz CT molecular complexity index is 304. The van der Waals surface area contributed by atoms with Crippen LogP contribution in [-0.2, 0) is 0 Å². The highest BCUT2D eigenvalue weighted by atomic mass is 19.4. The van der Waals surface area contributed by atoms with E-state index in [1.54, 1.807) is 0 Å². The fraction of sp³-hybridized carbons (Fsp3) is 0.143. The molecule has 1 aromatic carbocycles. The molecule has 0 aromatic heterocycles. The summed E-state index contributed by atoms with van der Waals surface area (Å²) in [5, 5.41) is 0. The van der Waals surface area contributed by atoms with Gasteiger partial charge in [0.25, 0.3) is 0 Å². The van der Waals surface area contributed by atoms with Gasteiger partial charge in [-0.05, 0) is 0 Å². The first-order valence-electron chi connectivity index (χ1n) is 3.67. The lowest BCUT2D eigenvalue weighted by molar-refractivity contribution is 0.310. The highest BCUT2D eigenvalue weighted by Crippen LogP contribution is 2.17. The van der Waals surface area contributed by atoms with Crippen LogP contribution in [0.15, 0.2) is 18.2 Å². The Morgan fingerprint density at radius 2 is 1.50 bits per heavy atom.